The van der Waals surface area contributed by atoms with E-state index in [1.165, 1.54) is 12.1 Å². The van der Waals surface area contributed by atoms with Gasteiger partial charge in [0.15, 0.2) is 5.69 Å². The first-order valence-electron chi connectivity index (χ1n) is 11.6. The summed E-state index contributed by atoms with van der Waals surface area (Å²) in [5.41, 5.74) is 4.17. The Morgan fingerprint density at radius 3 is 2.48 bits per heavy atom. The van der Waals surface area contributed by atoms with Gasteiger partial charge in [-0.05, 0) is 82.0 Å². The smallest absolute Gasteiger partial charge is 0.276 e. The molecule has 33 heavy (non-hydrogen) atoms. The van der Waals surface area contributed by atoms with Crippen LogP contribution in [0.25, 0.3) is 5.69 Å². The summed E-state index contributed by atoms with van der Waals surface area (Å²) < 4.78 is 15.2. The summed E-state index contributed by atoms with van der Waals surface area (Å²) in [4.78, 5) is 27.7. The molecule has 1 aromatic heterocycles. The van der Waals surface area contributed by atoms with E-state index < -0.39 is 0 Å². The molecule has 0 radical (unpaired) electrons. The van der Waals surface area contributed by atoms with Crippen LogP contribution in [0.3, 0.4) is 0 Å². The lowest BCUT2D eigenvalue weighted by atomic mass is 10.1. The van der Waals surface area contributed by atoms with E-state index >= 15 is 0 Å². The van der Waals surface area contributed by atoms with Crippen molar-refractivity contribution < 1.29 is 14.0 Å². The second-order valence-electron chi connectivity index (χ2n) is 8.24. The van der Waals surface area contributed by atoms with Crippen LogP contribution in [-0.4, -0.2) is 39.6 Å². The molecular weight excluding hydrogens is 419 g/mol. The lowest BCUT2D eigenvalue weighted by Gasteiger charge is -2.19. The summed E-state index contributed by atoms with van der Waals surface area (Å²) in [5.74, 6) is -0.680. The van der Waals surface area contributed by atoms with Crippen LogP contribution in [0.2, 0.25) is 0 Å². The topological polar surface area (TPSA) is 67.2 Å². The molecule has 6 nitrogen and oxygen atoms in total. The van der Waals surface area contributed by atoms with Gasteiger partial charge in [0.1, 0.15) is 5.82 Å². The Balaban J connectivity index is 1.64. The van der Waals surface area contributed by atoms with Crippen molar-refractivity contribution in [1.29, 1.82) is 0 Å². The summed E-state index contributed by atoms with van der Waals surface area (Å²) in [6.07, 6.45) is 4.71. The maximum Gasteiger partial charge on any atom is 0.276 e. The largest absolute Gasteiger partial charge is 0.339 e. The second kappa shape index (κ2) is 9.98. The molecule has 0 atom stereocenters. The normalized spacial score (nSPS) is 13.2. The number of fused-ring (bicyclic) bond motifs is 1. The molecule has 1 heterocycles. The fourth-order valence-electron chi connectivity index (χ4n) is 4.37. The zero-order chi connectivity index (χ0) is 23.4. The van der Waals surface area contributed by atoms with Gasteiger partial charge in [-0.15, -0.1) is 0 Å². The minimum Gasteiger partial charge on any atom is -0.339 e. The van der Waals surface area contributed by atoms with Crippen LogP contribution in [-0.2, 0) is 12.8 Å². The number of anilines is 1. The van der Waals surface area contributed by atoms with E-state index in [1.54, 1.807) is 46.0 Å². The SMILES string of the molecule is CCN(CC)C(=O)c1cccc(NC(=O)c2nn(-c3ccc(F)cc3)c3c2CCCCC3)c1. The highest BCUT2D eigenvalue weighted by molar-refractivity contribution is 6.05. The number of hydrogen-bond acceptors (Lipinski definition) is 3. The Hall–Kier alpha value is -3.48. The van der Waals surface area contributed by atoms with Crippen molar-refractivity contribution >= 4 is 17.5 Å². The van der Waals surface area contributed by atoms with Crippen molar-refractivity contribution in [1.82, 2.24) is 14.7 Å². The number of carbonyl (C=O) groups is 2. The second-order valence-corrected chi connectivity index (χ2v) is 8.24. The zero-order valence-electron chi connectivity index (χ0n) is 19.1. The molecule has 1 aliphatic rings. The fourth-order valence-corrected chi connectivity index (χ4v) is 4.37. The van der Waals surface area contributed by atoms with E-state index in [9.17, 15) is 14.0 Å². The Kier molecular flexibility index (Phi) is 6.87. The number of nitrogens with zero attached hydrogens (tertiary/aromatic N) is 3. The van der Waals surface area contributed by atoms with Crippen molar-refractivity contribution in [2.24, 2.45) is 0 Å². The van der Waals surface area contributed by atoms with Crippen LogP contribution in [0.15, 0.2) is 48.5 Å². The van der Waals surface area contributed by atoms with Gasteiger partial charge in [-0.2, -0.15) is 5.10 Å². The first-order valence-corrected chi connectivity index (χ1v) is 11.6. The first-order chi connectivity index (χ1) is 16.0. The summed E-state index contributed by atoms with van der Waals surface area (Å²) >= 11 is 0. The predicted molar refractivity (Wildman–Crippen MR) is 126 cm³/mol. The van der Waals surface area contributed by atoms with E-state index in [1.807, 2.05) is 13.8 Å². The predicted octanol–water partition coefficient (Wildman–Crippen LogP) is 5.01. The van der Waals surface area contributed by atoms with Gasteiger partial charge in [0.05, 0.1) is 5.69 Å². The number of rotatable bonds is 6. The van der Waals surface area contributed by atoms with Gasteiger partial charge >= 0.3 is 0 Å². The molecule has 0 saturated carbocycles. The summed E-state index contributed by atoms with van der Waals surface area (Å²) in [7, 11) is 0. The number of halogens is 1. The number of amides is 2. The molecule has 0 unspecified atom stereocenters. The Morgan fingerprint density at radius 1 is 1.03 bits per heavy atom. The molecule has 7 heteroatoms. The average molecular weight is 449 g/mol. The van der Waals surface area contributed by atoms with E-state index in [0.29, 0.717) is 30.0 Å². The van der Waals surface area contributed by atoms with Gasteiger partial charge in [-0.1, -0.05) is 12.5 Å². The average Bonchev–Trinajstić information content (AvgIpc) is 3.01. The van der Waals surface area contributed by atoms with Crippen LogP contribution >= 0.6 is 0 Å². The van der Waals surface area contributed by atoms with Gasteiger partial charge in [0, 0.05) is 35.6 Å². The van der Waals surface area contributed by atoms with Crippen molar-refractivity contribution in [3.8, 4) is 5.69 Å². The van der Waals surface area contributed by atoms with Gasteiger partial charge in [0.25, 0.3) is 11.8 Å². The van der Waals surface area contributed by atoms with Crippen molar-refractivity contribution in [2.45, 2.75) is 46.0 Å². The van der Waals surface area contributed by atoms with E-state index in [-0.39, 0.29) is 17.6 Å². The van der Waals surface area contributed by atoms with Gasteiger partial charge in [-0.3, -0.25) is 9.59 Å². The number of hydrogen-bond donors (Lipinski definition) is 1. The molecule has 0 spiro atoms. The lowest BCUT2D eigenvalue weighted by molar-refractivity contribution is 0.0772. The van der Waals surface area contributed by atoms with Crippen LogP contribution in [0.5, 0.6) is 0 Å². The van der Waals surface area contributed by atoms with E-state index in [2.05, 4.69) is 10.4 Å². The molecule has 2 amide bonds. The molecule has 1 N–H and O–H groups in total. The third-order valence-corrected chi connectivity index (χ3v) is 6.13. The molecule has 0 aliphatic heterocycles. The molecule has 0 bridgehead atoms. The highest BCUT2D eigenvalue weighted by atomic mass is 19.1. The van der Waals surface area contributed by atoms with Crippen LogP contribution < -0.4 is 5.32 Å². The molecule has 2 aromatic carbocycles. The standard InChI is InChI=1S/C26H29FN4O2/c1-3-30(4-2)26(33)18-9-8-10-20(17-18)28-25(32)24-22-11-6-5-7-12-23(22)31(29-24)21-15-13-19(27)14-16-21/h8-10,13-17H,3-7,11-12H2,1-2H3,(H,28,32). The van der Waals surface area contributed by atoms with Gasteiger partial charge in [0.2, 0.25) is 0 Å². The highest BCUT2D eigenvalue weighted by Crippen LogP contribution is 2.27. The molecule has 4 rings (SSSR count). The number of benzene rings is 2. The third kappa shape index (κ3) is 4.82. The number of carbonyl (C=O) groups excluding carboxylic acids is 2. The molecule has 0 fully saturated rings. The summed E-state index contributed by atoms with van der Waals surface area (Å²) in [6, 6.07) is 13.2. The fraction of sp³-hybridized carbons (Fsp3) is 0.346. The monoisotopic (exact) mass is 448 g/mol. The minimum absolute atomic E-state index is 0.0643. The maximum atomic E-state index is 13.4. The van der Waals surface area contributed by atoms with Crippen LogP contribution in [0, 0.1) is 5.82 Å². The van der Waals surface area contributed by atoms with E-state index in [0.717, 1.165) is 49.0 Å². The van der Waals surface area contributed by atoms with Crippen molar-refractivity contribution in [3.63, 3.8) is 0 Å². The van der Waals surface area contributed by atoms with Crippen LogP contribution in [0.1, 0.15) is 65.2 Å². The Bertz CT molecular complexity index is 1150. The molecular formula is C26H29FN4O2. The maximum absolute atomic E-state index is 13.4. The van der Waals surface area contributed by atoms with Crippen molar-refractivity contribution in [3.05, 3.63) is 76.9 Å². The Labute approximate surface area is 193 Å². The quantitative estimate of drug-likeness (QED) is 0.539. The third-order valence-electron chi connectivity index (χ3n) is 6.13. The first kappa shape index (κ1) is 22.7. The molecule has 172 valence electrons. The minimum atomic E-state index is -0.311. The molecule has 3 aromatic rings. The van der Waals surface area contributed by atoms with Gasteiger partial charge in [-0.25, -0.2) is 9.07 Å². The summed E-state index contributed by atoms with van der Waals surface area (Å²) in [5, 5.41) is 7.58. The van der Waals surface area contributed by atoms with E-state index in [4.69, 9.17) is 0 Å². The highest BCUT2D eigenvalue weighted by Gasteiger charge is 2.25. The molecule has 0 saturated heterocycles. The Morgan fingerprint density at radius 2 is 1.76 bits per heavy atom. The number of aromatic nitrogens is 2. The van der Waals surface area contributed by atoms with Gasteiger partial charge < -0.3 is 10.2 Å². The number of nitrogens with one attached hydrogen (secondary N) is 1. The lowest BCUT2D eigenvalue weighted by Crippen LogP contribution is -2.30. The van der Waals surface area contributed by atoms with Crippen LogP contribution in [0.4, 0.5) is 10.1 Å². The molecule has 1 aliphatic carbocycles. The zero-order valence-corrected chi connectivity index (χ0v) is 19.1. The summed E-state index contributed by atoms with van der Waals surface area (Å²) in [6.45, 7) is 5.13. The van der Waals surface area contributed by atoms with Crippen molar-refractivity contribution in [2.75, 3.05) is 18.4 Å².